The van der Waals surface area contributed by atoms with Crippen molar-refractivity contribution in [1.82, 2.24) is 5.32 Å². The molecule has 0 radical (unpaired) electrons. The summed E-state index contributed by atoms with van der Waals surface area (Å²) in [5.74, 6) is -0.184. The third-order valence-corrected chi connectivity index (χ3v) is 3.52. The van der Waals surface area contributed by atoms with Crippen LogP contribution in [0.25, 0.3) is 0 Å². The van der Waals surface area contributed by atoms with Crippen molar-refractivity contribution in [1.29, 1.82) is 0 Å². The highest BCUT2D eigenvalue weighted by Gasteiger charge is 2.31. The summed E-state index contributed by atoms with van der Waals surface area (Å²) in [6.45, 7) is 5.90. The molecule has 0 fully saturated rings. The van der Waals surface area contributed by atoms with Gasteiger partial charge >= 0.3 is 0 Å². The fourth-order valence-electron chi connectivity index (χ4n) is 2.06. The van der Waals surface area contributed by atoms with Crippen LogP contribution in [0.2, 0.25) is 0 Å². The molecule has 2 atom stereocenters. The Morgan fingerprint density at radius 2 is 1.95 bits per heavy atom. The summed E-state index contributed by atoms with van der Waals surface area (Å²) in [5, 5.41) is 12.6. The first-order valence-electron chi connectivity index (χ1n) is 6.63. The summed E-state index contributed by atoms with van der Waals surface area (Å²) in [5.41, 5.74) is 5.75. The number of nitrogens with one attached hydrogen (secondary N) is 1. The van der Waals surface area contributed by atoms with Gasteiger partial charge in [0, 0.05) is 6.54 Å². The van der Waals surface area contributed by atoms with Gasteiger partial charge in [-0.1, -0.05) is 44.2 Å². The van der Waals surface area contributed by atoms with Crippen LogP contribution in [0.15, 0.2) is 30.3 Å². The minimum atomic E-state index is -0.777. The van der Waals surface area contributed by atoms with Crippen molar-refractivity contribution in [3.63, 3.8) is 0 Å². The van der Waals surface area contributed by atoms with Gasteiger partial charge in [-0.3, -0.25) is 4.79 Å². The van der Waals surface area contributed by atoms with Crippen molar-refractivity contribution in [3.8, 4) is 0 Å². The molecule has 0 heterocycles. The van der Waals surface area contributed by atoms with E-state index in [1.807, 2.05) is 51.1 Å². The standard InChI is InChI=1S/C15H24N2O2/c1-11(2)13(9-16)14(19)17-15(3,10-18)12-7-5-4-6-8-12/h4-8,11,13,18H,9-10,16H2,1-3H3,(H,17,19). The number of carbonyl (C=O) groups excluding carboxylic acids is 1. The molecule has 19 heavy (non-hydrogen) atoms. The van der Waals surface area contributed by atoms with Gasteiger partial charge in [0.15, 0.2) is 0 Å². The second kappa shape index (κ2) is 6.68. The second-order valence-corrected chi connectivity index (χ2v) is 5.43. The molecule has 106 valence electrons. The van der Waals surface area contributed by atoms with Gasteiger partial charge in [-0.2, -0.15) is 0 Å². The average molecular weight is 264 g/mol. The number of hydrogen-bond donors (Lipinski definition) is 3. The lowest BCUT2D eigenvalue weighted by Crippen LogP contribution is -2.50. The molecule has 4 nitrogen and oxygen atoms in total. The van der Waals surface area contributed by atoms with Gasteiger partial charge in [0.05, 0.1) is 18.1 Å². The number of rotatable bonds is 6. The zero-order chi connectivity index (χ0) is 14.5. The van der Waals surface area contributed by atoms with Gasteiger partial charge < -0.3 is 16.2 Å². The molecule has 0 spiro atoms. The number of aliphatic hydroxyl groups excluding tert-OH is 1. The molecule has 2 unspecified atom stereocenters. The summed E-state index contributed by atoms with van der Waals surface area (Å²) in [6.07, 6.45) is 0. The zero-order valence-electron chi connectivity index (χ0n) is 11.9. The average Bonchev–Trinajstić information content (AvgIpc) is 2.39. The SMILES string of the molecule is CC(C)C(CN)C(=O)NC(C)(CO)c1ccccc1. The first kappa shape index (κ1) is 15.7. The lowest BCUT2D eigenvalue weighted by atomic mass is 9.89. The Hall–Kier alpha value is -1.39. The lowest BCUT2D eigenvalue weighted by molar-refractivity contribution is -0.128. The number of amides is 1. The van der Waals surface area contributed by atoms with E-state index in [4.69, 9.17) is 5.73 Å². The van der Waals surface area contributed by atoms with Gasteiger partial charge in [-0.25, -0.2) is 0 Å². The van der Waals surface area contributed by atoms with Crippen LogP contribution in [0.3, 0.4) is 0 Å². The van der Waals surface area contributed by atoms with Crippen LogP contribution in [0.4, 0.5) is 0 Å². The Morgan fingerprint density at radius 1 is 1.37 bits per heavy atom. The summed E-state index contributed by atoms with van der Waals surface area (Å²) in [4.78, 5) is 12.3. The fraction of sp³-hybridized carbons (Fsp3) is 0.533. The number of hydrogen-bond acceptors (Lipinski definition) is 3. The third kappa shape index (κ3) is 3.78. The van der Waals surface area contributed by atoms with Crippen LogP contribution >= 0.6 is 0 Å². The van der Waals surface area contributed by atoms with Crippen LogP contribution in [-0.4, -0.2) is 24.2 Å². The Bertz CT molecular complexity index is 406. The van der Waals surface area contributed by atoms with E-state index < -0.39 is 5.54 Å². The predicted octanol–water partition coefficient (Wildman–Crippen LogP) is 1.24. The maximum Gasteiger partial charge on any atom is 0.225 e. The first-order chi connectivity index (χ1) is 8.94. The number of carbonyl (C=O) groups is 1. The Morgan fingerprint density at radius 3 is 2.37 bits per heavy atom. The molecule has 0 aromatic heterocycles. The van der Waals surface area contributed by atoms with Gasteiger partial charge in [0.2, 0.25) is 5.91 Å². The molecule has 0 bridgehead atoms. The van der Waals surface area contributed by atoms with Crippen LogP contribution < -0.4 is 11.1 Å². The molecule has 0 saturated carbocycles. The maximum atomic E-state index is 12.3. The van der Waals surface area contributed by atoms with Crippen LogP contribution in [0.1, 0.15) is 26.3 Å². The molecule has 4 N–H and O–H groups in total. The van der Waals surface area contributed by atoms with Crippen molar-refractivity contribution < 1.29 is 9.90 Å². The Balaban J connectivity index is 2.90. The van der Waals surface area contributed by atoms with E-state index in [-0.39, 0.29) is 24.3 Å². The molecule has 0 saturated heterocycles. The van der Waals surface area contributed by atoms with Crippen molar-refractivity contribution in [2.24, 2.45) is 17.6 Å². The van der Waals surface area contributed by atoms with E-state index in [1.165, 1.54) is 0 Å². The van der Waals surface area contributed by atoms with E-state index in [1.54, 1.807) is 0 Å². The summed E-state index contributed by atoms with van der Waals surface area (Å²) in [7, 11) is 0. The van der Waals surface area contributed by atoms with Gasteiger partial charge in [-0.05, 0) is 18.4 Å². The lowest BCUT2D eigenvalue weighted by Gasteiger charge is -2.32. The van der Waals surface area contributed by atoms with Crippen LogP contribution in [0, 0.1) is 11.8 Å². The summed E-state index contributed by atoms with van der Waals surface area (Å²) >= 11 is 0. The van der Waals surface area contributed by atoms with E-state index in [0.29, 0.717) is 6.54 Å². The molecule has 1 aromatic carbocycles. The smallest absolute Gasteiger partial charge is 0.225 e. The van der Waals surface area contributed by atoms with E-state index in [9.17, 15) is 9.90 Å². The minimum absolute atomic E-state index is 0.113. The molecule has 0 aliphatic carbocycles. The van der Waals surface area contributed by atoms with Crippen molar-refractivity contribution >= 4 is 5.91 Å². The van der Waals surface area contributed by atoms with Crippen molar-refractivity contribution in [2.45, 2.75) is 26.3 Å². The molecule has 1 amide bonds. The predicted molar refractivity (Wildman–Crippen MR) is 76.4 cm³/mol. The number of benzene rings is 1. The Labute approximate surface area is 115 Å². The monoisotopic (exact) mass is 264 g/mol. The number of nitrogens with two attached hydrogens (primary N) is 1. The normalized spacial score (nSPS) is 15.9. The van der Waals surface area contributed by atoms with Crippen molar-refractivity contribution in [2.75, 3.05) is 13.2 Å². The second-order valence-electron chi connectivity index (χ2n) is 5.43. The molecule has 1 rings (SSSR count). The highest BCUT2D eigenvalue weighted by Crippen LogP contribution is 2.21. The highest BCUT2D eigenvalue weighted by atomic mass is 16.3. The molecule has 0 aliphatic heterocycles. The van der Waals surface area contributed by atoms with E-state index >= 15 is 0 Å². The van der Waals surface area contributed by atoms with Gasteiger partial charge in [-0.15, -0.1) is 0 Å². The molecule has 1 aromatic rings. The molecule has 0 aliphatic rings. The minimum Gasteiger partial charge on any atom is -0.394 e. The highest BCUT2D eigenvalue weighted by molar-refractivity contribution is 5.80. The quantitative estimate of drug-likeness (QED) is 0.723. The van der Waals surface area contributed by atoms with Crippen LogP contribution in [-0.2, 0) is 10.3 Å². The molecular formula is C15H24N2O2. The zero-order valence-corrected chi connectivity index (χ0v) is 11.9. The maximum absolute atomic E-state index is 12.3. The molecule has 4 heteroatoms. The van der Waals surface area contributed by atoms with Gasteiger partial charge in [0.1, 0.15) is 0 Å². The van der Waals surface area contributed by atoms with E-state index in [2.05, 4.69) is 5.32 Å². The molecular weight excluding hydrogens is 240 g/mol. The Kier molecular flexibility index (Phi) is 5.51. The fourth-order valence-corrected chi connectivity index (χ4v) is 2.06. The van der Waals surface area contributed by atoms with Crippen molar-refractivity contribution in [3.05, 3.63) is 35.9 Å². The summed E-state index contributed by atoms with van der Waals surface area (Å²) < 4.78 is 0. The van der Waals surface area contributed by atoms with Crippen LogP contribution in [0.5, 0.6) is 0 Å². The number of aliphatic hydroxyl groups is 1. The first-order valence-corrected chi connectivity index (χ1v) is 6.63. The topological polar surface area (TPSA) is 75.4 Å². The third-order valence-electron chi connectivity index (χ3n) is 3.52. The van der Waals surface area contributed by atoms with E-state index in [0.717, 1.165) is 5.56 Å². The van der Waals surface area contributed by atoms with Gasteiger partial charge in [0.25, 0.3) is 0 Å². The largest absolute Gasteiger partial charge is 0.394 e. The summed E-state index contributed by atoms with van der Waals surface area (Å²) in [6, 6.07) is 9.46.